The Hall–Kier alpha value is -3.94. The van der Waals surface area contributed by atoms with Crippen LogP contribution in [0.4, 0.5) is 30.4 Å². The number of furan rings is 1. The van der Waals surface area contributed by atoms with E-state index in [1.54, 1.807) is 31.1 Å². The van der Waals surface area contributed by atoms with Gasteiger partial charge in [-0.1, -0.05) is 0 Å². The Morgan fingerprint density at radius 3 is 2.59 bits per heavy atom. The first-order valence-corrected chi connectivity index (χ1v) is 10.6. The van der Waals surface area contributed by atoms with E-state index in [1.807, 2.05) is 11.0 Å². The summed E-state index contributed by atoms with van der Waals surface area (Å²) in [5.74, 6) is 0.141. The molecule has 11 heteroatoms. The van der Waals surface area contributed by atoms with Crippen molar-refractivity contribution < 1.29 is 26.8 Å². The fourth-order valence-corrected chi connectivity index (χ4v) is 3.89. The summed E-state index contributed by atoms with van der Waals surface area (Å²) in [5.41, 5.74) is -0.124. The summed E-state index contributed by atoms with van der Waals surface area (Å²) in [6.45, 7) is 0.839. The lowest BCUT2D eigenvalue weighted by Gasteiger charge is -2.31. The van der Waals surface area contributed by atoms with Gasteiger partial charge in [0.1, 0.15) is 6.07 Å². The summed E-state index contributed by atoms with van der Waals surface area (Å²) in [5, 5.41) is 12.1. The second kappa shape index (κ2) is 9.13. The second-order valence-electron chi connectivity index (χ2n) is 8.14. The predicted octanol–water partition coefficient (Wildman–Crippen LogP) is 4.75. The van der Waals surface area contributed by atoms with Crippen molar-refractivity contribution in [3.63, 3.8) is 0 Å². The van der Waals surface area contributed by atoms with Gasteiger partial charge in [-0.25, -0.2) is 0 Å². The number of carbonyl (C=O) groups is 1. The summed E-state index contributed by atoms with van der Waals surface area (Å²) in [4.78, 5) is 20.5. The predicted molar refractivity (Wildman–Crippen MR) is 118 cm³/mol. The molecule has 1 aliphatic rings. The number of amides is 1. The fraction of sp³-hybridized carbons (Fsp3) is 0.348. The van der Waals surface area contributed by atoms with Crippen LogP contribution in [0, 0.1) is 17.2 Å². The molecule has 0 unspecified atom stereocenters. The van der Waals surface area contributed by atoms with Gasteiger partial charge in [0.25, 0.3) is 5.89 Å². The number of oxazole rings is 1. The van der Waals surface area contributed by atoms with Crippen molar-refractivity contribution in [3.8, 4) is 17.7 Å². The van der Waals surface area contributed by atoms with E-state index in [9.17, 15) is 23.2 Å². The number of nitrogens with zero attached hydrogens (tertiary/aromatic N) is 4. The summed E-state index contributed by atoms with van der Waals surface area (Å²) >= 11 is 0. The summed E-state index contributed by atoms with van der Waals surface area (Å²) in [7, 11) is 3.38. The molecule has 0 spiro atoms. The van der Waals surface area contributed by atoms with Crippen LogP contribution >= 0.6 is 0 Å². The van der Waals surface area contributed by atoms with E-state index in [2.05, 4.69) is 10.3 Å². The van der Waals surface area contributed by atoms with Gasteiger partial charge in [-0.05, 0) is 43.2 Å². The number of carbonyl (C=O) groups excluding carboxylic acids is 1. The number of hydrogen-bond donors (Lipinski definition) is 1. The van der Waals surface area contributed by atoms with E-state index in [1.165, 1.54) is 12.3 Å². The zero-order valence-electron chi connectivity index (χ0n) is 18.5. The molecule has 1 fully saturated rings. The van der Waals surface area contributed by atoms with Gasteiger partial charge in [-0.3, -0.25) is 4.79 Å². The van der Waals surface area contributed by atoms with Crippen LogP contribution in [0.25, 0.3) is 11.7 Å². The van der Waals surface area contributed by atoms with Gasteiger partial charge >= 0.3 is 6.18 Å². The molecule has 1 N–H and O–H groups in total. The second-order valence-corrected chi connectivity index (χ2v) is 8.14. The van der Waals surface area contributed by atoms with E-state index in [0.29, 0.717) is 43.3 Å². The maximum Gasteiger partial charge on any atom is 0.416 e. The number of aromatic nitrogens is 1. The number of rotatable bonds is 5. The van der Waals surface area contributed by atoms with Gasteiger partial charge < -0.3 is 24.0 Å². The first-order chi connectivity index (χ1) is 16.2. The minimum absolute atomic E-state index is 0.109. The van der Waals surface area contributed by atoms with Crippen molar-refractivity contribution in [1.29, 1.82) is 5.26 Å². The van der Waals surface area contributed by atoms with Crippen molar-refractivity contribution in [1.82, 2.24) is 4.98 Å². The highest BCUT2D eigenvalue weighted by Gasteiger charge is 2.33. The fourth-order valence-electron chi connectivity index (χ4n) is 3.89. The molecule has 1 aromatic carbocycles. The number of halogens is 3. The monoisotopic (exact) mass is 473 g/mol. The van der Waals surface area contributed by atoms with Gasteiger partial charge in [-0.15, -0.1) is 0 Å². The average Bonchev–Trinajstić information content (AvgIpc) is 3.48. The number of hydrogen-bond acceptors (Lipinski definition) is 7. The third-order valence-electron chi connectivity index (χ3n) is 5.66. The summed E-state index contributed by atoms with van der Waals surface area (Å²) in [6.07, 6.45) is -2.17. The van der Waals surface area contributed by atoms with Crippen LogP contribution in [0.1, 0.15) is 24.1 Å². The number of nitriles is 1. The van der Waals surface area contributed by atoms with Crippen LogP contribution in [0.15, 0.2) is 45.4 Å². The Morgan fingerprint density at radius 1 is 1.26 bits per heavy atom. The number of nitrogens with one attached hydrogen (secondary N) is 1. The topological polar surface area (TPSA) is 98.5 Å². The molecule has 8 nitrogen and oxygen atoms in total. The van der Waals surface area contributed by atoms with Crippen molar-refractivity contribution >= 4 is 23.2 Å². The number of anilines is 3. The van der Waals surface area contributed by atoms with E-state index in [-0.39, 0.29) is 23.2 Å². The molecular formula is C23H22F3N5O3. The lowest BCUT2D eigenvalue weighted by atomic mass is 9.95. The molecule has 3 heterocycles. The molecule has 34 heavy (non-hydrogen) atoms. The standard InChI is InChI=1S/C23H22F3N5O3/c1-30(2)18-6-5-15(23(24,25)26)12-16(18)28-20(32)14-7-9-31(10-8-14)22-17(13-27)29-21(34-22)19-4-3-11-33-19/h3-6,11-12,14H,7-10H2,1-2H3,(H,28,32). The quantitative estimate of drug-likeness (QED) is 0.571. The highest BCUT2D eigenvalue weighted by Crippen LogP contribution is 2.36. The third kappa shape index (κ3) is 4.71. The maximum atomic E-state index is 13.2. The molecule has 178 valence electrons. The number of alkyl halides is 3. The van der Waals surface area contributed by atoms with E-state index in [4.69, 9.17) is 8.83 Å². The highest BCUT2D eigenvalue weighted by atomic mass is 19.4. The van der Waals surface area contributed by atoms with Crippen LogP contribution in [0.2, 0.25) is 0 Å². The third-order valence-corrected chi connectivity index (χ3v) is 5.66. The minimum Gasteiger partial charge on any atom is -0.459 e. The zero-order chi connectivity index (χ0) is 24.5. The molecule has 1 amide bonds. The van der Waals surface area contributed by atoms with Gasteiger partial charge in [-0.2, -0.15) is 23.4 Å². The lowest BCUT2D eigenvalue weighted by molar-refractivity contribution is -0.137. The zero-order valence-corrected chi connectivity index (χ0v) is 18.5. The molecule has 3 aromatic rings. The molecule has 0 radical (unpaired) electrons. The van der Waals surface area contributed by atoms with E-state index >= 15 is 0 Å². The number of benzene rings is 1. The van der Waals surface area contributed by atoms with Crippen LogP contribution in [0.3, 0.4) is 0 Å². The molecule has 2 aromatic heterocycles. The minimum atomic E-state index is -4.51. The first-order valence-electron chi connectivity index (χ1n) is 10.6. The molecular weight excluding hydrogens is 451 g/mol. The van der Waals surface area contributed by atoms with Crippen LogP contribution < -0.4 is 15.1 Å². The summed E-state index contributed by atoms with van der Waals surface area (Å²) in [6, 6.07) is 8.64. The Kier molecular flexibility index (Phi) is 6.24. The number of piperidine rings is 1. The van der Waals surface area contributed by atoms with Crippen molar-refractivity contribution in [3.05, 3.63) is 47.9 Å². The Morgan fingerprint density at radius 2 is 2.00 bits per heavy atom. The SMILES string of the molecule is CN(C)c1ccc(C(F)(F)F)cc1NC(=O)C1CCN(c2oc(-c3ccco3)nc2C#N)CC1. The molecule has 1 saturated heterocycles. The van der Waals surface area contributed by atoms with E-state index in [0.717, 1.165) is 12.1 Å². The average molecular weight is 473 g/mol. The van der Waals surface area contributed by atoms with Crippen molar-refractivity contribution in [2.45, 2.75) is 19.0 Å². The van der Waals surface area contributed by atoms with Crippen molar-refractivity contribution in [2.75, 3.05) is 42.3 Å². The van der Waals surface area contributed by atoms with Gasteiger partial charge in [0, 0.05) is 33.1 Å². The molecule has 1 aliphatic heterocycles. The molecule has 0 aliphatic carbocycles. The highest BCUT2D eigenvalue weighted by molar-refractivity contribution is 5.96. The van der Waals surface area contributed by atoms with Gasteiger partial charge in [0.05, 0.1) is 23.2 Å². The molecule has 0 atom stereocenters. The Labute approximate surface area is 193 Å². The Balaban J connectivity index is 1.46. The molecule has 4 rings (SSSR count). The van der Waals surface area contributed by atoms with Crippen molar-refractivity contribution in [2.24, 2.45) is 5.92 Å². The normalized spacial score (nSPS) is 14.6. The smallest absolute Gasteiger partial charge is 0.416 e. The summed E-state index contributed by atoms with van der Waals surface area (Å²) < 4.78 is 50.6. The van der Waals surface area contributed by atoms with Gasteiger partial charge in [0.15, 0.2) is 5.76 Å². The Bertz CT molecular complexity index is 1200. The maximum absolute atomic E-state index is 13.2. The first kappa shape index (κ1) is 23.2. The molecule has 0 saturated carbocycles. The van der Waals surface area contributed by atoms with Crippen LogP contribution in [-0.4, -0.2) is 38.1 Å². The molecule has 0 bridgehead atoms. The van der Waals surface area contributed by atoms with Crippen LogP contribution in [-0.2, 0) is 11.0 Å². The van der Waals surface area contributed by atoms with Crippen LogP contribution in [0.5, 0.6) is 0 Å². The van der Waals surface area contributed by atoms with Gasteiger partial charge in [0.2, 0.25) is 17.5 Å². The largest absolute Gasteiger partial charge is 0.459 e. The lowest BCUT2D eigenvalue weighted by Crippen LogP contribution is -2.38. The van der Waals surface area contributed by atoms with E-state index < -0.39 is 17.7 Å².